The lowest BCUT2D eigenvalue weighted by Gasteiger charge is -2.34. The molecule has 1 fully saturated rings. The highest BCUT2D eigenvalue weighted by atomic mass is 16.5. The molecular formula is C19H21N5O3. The summed E-state index contributed by atoms with van der Waals surface area (Å²) in [6, 6.07) is 11.8. The highest BCUT2D eigenvalue weighted by molar-refractivity contribution is 5.78. The number of nitrogens with one attached hydrogen (secondary N) is 1. The van der Waals surface area contributed by atoms with Crippen molar-refractivity contribution in [2.75, 3.05) is 32.2 Å². The average Bonchev–Trinajstić information content (AvgIpc) is 3.21. The quantitative estimate of drug-likeness (QED) is 0.691. The van der Waals surface area contributed by atoms with Crippen molar-refractivity contribution in [3.8, 4) is 11.3 Å². The van der Waals surface area contributed by atoms with Crippen molar-refractivity contribution in [2.24, 2.45) is 5.41 Å². The van der Waals surface area contributed by atoms with Gasteiger partial charge in [-0.3, -0.25) is 4.79 Å². The number of ether oxygens (including phenoxy) is 2. The normalized spacial score (nSPS) is 16.2. The first kappa shape index (κ1) is 17.4. The summed E-state index contributed by atoms with van der Waals surface area (Å²) in [7, 11) is 1.43. The summed E-state index contributed by atoms with van der Waals surface area (Å²) >= 11 is 0. The highest BCUT2D eigenvalue weighted by Crippen LogP contribution is 2.32. The summed E-state index contributed by atoms with van der Waals surface area (Å²) in [5.41, 5.74) is 1.16. The van der Waals surface area contributed by atoms with E-state index in [9.17, 15) is 4.79 Å². The van der Waals surface area contributed by atoms with E-state index in [1.807, 2.05) is 36.4 Å². The van der Waals surface area contributed by atoms with Crippen molar-refractivity contribution >= 4 is 17.6 Å². The Morgan fingerprint density at radius 3 is 2.81 bits per heavy atom. The van der Waals surface area contributed by atoms with Crippen LogP contribution in [0.5, 0.6) is 0 Å². The molecule has 1 aliphatic rings. The van der Waals surface area contributed by atoms with Gasteiger partial charge in [-0.15, -0.1) is 0 Å². The maximum atomic E-state index is 12.4. The van der Waals surface area contributed by atoms with Gasteiger partial charge in [0.25, 0.3) is 5.78 Å². The number of fused-ring (bicyclic) bond motifs is 1. The minimum Gasteiger partial charge on any atom is -0.469 e. The molecule has 0 atom stereocenters. The molecule has 0 bridgehead atoms. The van der Waals surface area contributed by atoms with Crippen LogP contribution in [0.25, 0.3) is 17.0 Å². The fraction of sp³-hybridized carbons (Fsp3) is 0.368. The SMILES string of the molecule is COC(=O)C1(CNc2cc(-c3ccccc3)nc3ncnn23)CCOCC1. The zero-order valence-corrected chi connectivity index (χ0v) is 15.1. The predicted octanol–water partition coefficient (Wildman–Crippen LogP) is 2.17. The Morgan fingerprint density at radius 1 is 1.30 bits per heavy atom. The third-order valence-corrected chi connectivity index (χ3v) is 5.00. The Kier molecular flexibility index (Phi) is 4.72. The first-order chi connectivity index (χ1) is 13.2. The van der Waals surface area contributed by atoms with Crippen molar-refractivity contribution in [3.05, 3.63) is 42.7 Å². The summed E-state index contributed by atoms with van der Waals surface area (Å²) < 4.78 is 12.1. The molecule has 0 aliphatic carbocycles. The van der Waals surface area contributed by atoms with E-state index in [0.717, 1.165) is 17.1 Å². The van der Waals surface area contributed by atoms with E-state index in [1.165, 1.54) is 13.4 Å². The van der Waals surface area contributed by atoms with Crippen molar-refractivity contribution in [2.45, 2.75) is 12.8 Å². The standard InChI is InChI=1S/C19H21N5O3/c1-26-17(25)19(7-9-27-10-8-19)12-20-16-11-15(14-5-3-2-4-6-14)23-18-21-13-22-24(16)18/h2-6,11,13,20H,7-10,12H2,1H3. The third kappa shape index (κ3) is 3.35. The molecule has 27 heavy (non-hydrogen) atoms. The van der Waals surface area contributed by atoms with Gasteiger partial charge in [-0.25, -0.2) is 4.98 Å². The Bertz CT molecular complexity index is 935. The molecule has 8 nitrogen and oxygen atoms in total. The Labute approximate surface area is 156 Å². The molecule has 2 aromatic heterocycles. The van der Waals surface area contributed by atoms with Crippen LogP contribution < -0.4 is 5.32 Å². The number of benzene rings is 1. The number of rotatable bonds is 5. The number of aromatic nitrogens is 4. The van der Waals surface area contributed by atoms with Crippen LogP contribution in [-0.4, -0.2) is 52.4 Å². The molecule has 1 aromatic carbocycles. The summed E-state index contributed by atoms with van der Waals surface area (Å²) in [6.45, 7) is 1.51. The van der Waals surface area contributed by atoms with E-state index in [0.29, 0.717) is 38.4 Å². The lowest BCUT2D eigenvalue weighted by atomic mass is 9.80. The molecule has 4 rings (SSSR count). The second-order valence-electron chi connectivity index (χ2n) is 6.60. The van der Waals surface area contributed by atoms with Crippen LogP contribution >= 0.6 is 0 Å². The molecule has 0 saturated carbocycles. The second-order valence-corrected chi connectivity index (χ2v) is 6.60. The smallest absolute Gasteiger partial charge is 0.313 e. The second kappa shape index (κ2) is 7.32. The number of hydrogen-bond donors (Lipinski definition) is 1. The number of carbonyl (C=O) groups excluding carboxylic acids is 1. The van der Waals surface area contributed by atoms with Crippen LogP contribution in [0, 0.1) is 5.41 Å². The summed E-state index contributed by atoms with van der Waals surface area (Å²) in [4.78, 5) is 21.2. The van der Waals surface area contributed by atoms with Crippen LogP contribution in [0.4, 0.5) is 5.82 Å². The summed E-state index contributed by atoms with van der Waals surface area (Å²) in [5, 5.41) is 7.62. The van der Waals surface area contributed by atoms with Gasteiger partial charge in [0.15, 0.2) is 0 Å². The zero-order chi connectivity index (χ0) is 18.7. The topological polar surface area (TPSA) is 90.6 Å². The van der Waals surface area contributed by atoms with E-state index < -0.39 is 5.41 Å². The summed E-state index contributed by atoms with van der Waals surface area (Å²) in [6.07, 6.45) is 2.69. The number of anilines is 1. The molecule has 3 aromatic rings. The van der Waals surface area contributed by atoms with Crippen LogP contribution in [-0.2, 0) is 14.3 Å². The molecule has 1 aliphatic heterocycles. The molecule has 0 unspecified atom stereocenters. The Hall–Kier alpha value is -3.00. The van der Waals surface area contributed by atoms with Crippen LogP contribution in [0.2, 0.25) is 0 Å². The number of methoxy groups -OCH3 is 1. The van der Waals surface area contributed by atoms with E-state index in [1.54, 1.807) is 4.52 Å². The van der Waals surface area contributed by atoms with Crippen molar-refractivity contribution < 1.29 is 14.3 Å². The van der Waals surface area contributed by atoms with Crippen molar-refractivity contribution in [1.29, 1.82) is 0 Å². The van der Waals surface area contributed by atoms with Gasteiger partial charge in [0.05, 0.1) is 18.2 Å². The molecule has 0 spiro atoms. The van der Waals surface area contributed by atoms with E-state index in [2.05, 4.69) is 20.4 Å². The van der Waals surface area contributed by atoms with Crippen LogP contribution in [0.3, 0.4) is 0 Å². The van der Waals surface area contributed by atoms with Gasteiger partial charge in [-0.2, -0.15) is 14.6 Å². The average molecular weight is 367 g/mol. The number of hydrogen-bond acceptors (Lipinski definition) is 7. The van der Waals surface area contributed by atoms with Gasteiger partial charge in [0.2, 0.25) is 0 Å². The highest BCUT2D eigenvalue weighted by Gasteiger charge is 2.41. The first-order valence-corrected chi connectivity index (χ1v) is 8.88. The third-order valence-electron chi connectivity index (χ3n) is 5.00. The van der Waals surface area contributed by atoms with E-state index >= 15 is 0 Å². The minimum atomic E-state index is -0.615. The van der Waals surface area contributed by atoms with Gasteiger partial charge in [0.1, 0.15) is 12.1 Å². The molecule has 1 N–H and O–H groups in total. The van der Waals surface area contributed by atoms with Gasteiger partial charge in [-0.05, 0) is 12.8 Å². The summed E-state index contributed by atoms with van der Waals surface area (Å²) in [5.74, 6) is 1.01. The monoisotopic (exact) mass is 367 g/mol. The van der Waals surface area contributed by atoms with Crippen LogP contribution in [0.15, 0.2) is 42.7 Å². The molecule has 140 valence electrons. The molecule has 8 heteroatoms. The lowest BCUT2D eigenvalue weighted by Crippen LogP contribution is -2.43. The molecular weight excluding hydrogens is 346 g/mol. The number of carbonyl (C=O) groups is 1. The van der Waals surface area contributed by atoms with Crippen molar-refractivity contribution in [1.82, 2.24) is 19.6 Å². The van der Waals surface area contributed by atoms with Gasteiger partial charge < -0.3 is 14.8 Å². The maximum absolute atomic E-state index is 12.4. The first-order valence-electron chi connectivity index (χ1n) is 8.88. The maximum Gasteiger partial charge on any atom is 0.313 e. The largest absolute Gasteiger partial charge is 0.469 e. The van der Waals surface area contributed by atoms with Gasteiger partial charge in [0, 0.05) is 31.4 Å². The number of esters is 1. The van der Waals surface area contributed by atoms with E-state index in [4.69, 9.17) is 9.47 Å². The fourth-order valence-corrected chi connectivity index (χ4v) is 3.39. The van der Waals surface area contributed by atoms with Gasteiger partial charge >= 0.3 is 5.97 Å². The Balaban J connectivity index is 1.66. The molecule has 1 saturated heterocycles. The molecule has 0 radical (unpaired) electrons. The zero-order valence-electron chi connectivity index (χ0n) is 15.1. The van der Waals surface area contributed by atoms with E-state index in [-0.39, 0.29) is 5.97 Å². The van der Waals surface area contributed by atoms with Gasteiger partial charge in [-0.1, -0.05) is 30.3 Å². The minimum absolute atomic E-state index is 0.217. The molecule has 0 amide bonds. The number of nitrogens with zero attached hydrogens (tertiary/aromatic N) is 4. The van der Waals surface area contributed by atoms with Crippen molar-refractivity contribution in [3.63, 3.8) is 0 Å². The lowest BCUT2D eigenvalue weighted by molar-refractivity contribution is -0.157. The fourth-order valence-electron chi connectivity index (χ4n) is 3.39. The molecule has 3 heterocycles. The predicted molar refractivity (Wildman–Crippen MR) is 99.2 cm³/mol. The Morgan fingerprint density at radius 2 is 2.07 bits per heavy atom. The van der Waals surface area contributed by atoms with Crippen LogP contribution in [0.1, 0.15) is 12.8 Å².